The van der Waals surface area contributed by atoms with E-state index in [1.54, 1.807) is 0 Å². The highest BCUT2D eigenvalue weighted by molar-refractivity contribution is 5.28. The third kappa shape index (κ3) is 1.13. The van der Waals surface area contributed by atoms with Gasteiger partial charge in [-0.3, -0.25) is 0 Å². The Morgan fingerprint density at radius 2 is 2.64 bits per heavy atom. The normalized spacial score (nSPS) is 27.9. The number of hydrogen-bond acceptors (Lipinski definition) is 2. The van der Waals surface area contributed by atoms with Gasteiger partial charge in [-0.2, -0.15) is 0 Å². The molecule has 2 heterocycles. The summed E-state index contributed by atoms with van der Waals surface area (Å²) in [6, 6.07) is 0.524. The molecule has 60 valence electrons. The summed E-state index contributed by atoms with van der Waals surface area (Å²) in [6.45, 7) is 3.03. The van der Waals surface area contributed by atoms with Crippen molar-refractivity contribution in [2.24, 2.45) is 0 Å². The van der Waals surface area contributed by atoms with E-state index < -0.39 is 0 Å². The molecule has 0 saturated heterocycles. The number of nitrogens with one attached hydrogen (secondary N) is 1. The quantitative estimate of drug-likeness (QED) is 0.614. The van der Waals surface area contributed by atoms with Crippen molar-refractivity contribution in [3.05, 3.63) is 23.6 Å². The van der Waals surface area contributed by atoms with Gasteiger partial charge in [-0.1, -0.05) is 13.0 Å². The number of ether oxygens (including phenoxy) is 1. The maximum absolute atomic E-state index is 5.38. The predicted molar refractivity (Wildman–Crippen MR) is 43.9 cm³/mol. The Morgan fingerprint density at radius 1 is 1.73 bits per heavy atom. The fraction of sp³-hybridized carbons (Fsp3) is 0.556. The van der Waals surface area contributed by atoms with E-state index in [1.807, 2.05) is 0 Å². The summed E-state index contributed by atoms with van der Waals surface area (Å²) in [7, 11) is 0. The van der Waals surface area contributed by atoms with Crippen LogP contribution in [0, 0.1) is 0 Å². The second kappa shape index (κ2) is 2.61. The van der Waals surface area contributed by atoms with Crippen LogP contribution in [0.2, 0.25) is 0 Å². The molecule has 0 saturated carbocycles. The average Bonchev–Trinajstić information content (AvgIpc) is 2.50. The van der Waals surface area contributed by atoms with Crippen LogP contribution in [0.4, 0.5) is 0 Å². The number of dihydropyridines is 1. The number of allylic oxidation sites excluding steroid dienone is 1. The maximum atomic E-state index is 5.38. The molecule has 1 N–H and O–H groups in total. The van der Waals surface area contributed by atoms with Crippen molar-refractivity contribution in [1.29, 1.82) is 0 Å². The van der Waals surface area contributed by atoms with E-state index in [-0.39, 0.29) is 0 Å². The van der Waals surface area contributed by atoms with Crippen molar-refractivity contribution in [2.75, 3.05) is 6.61 Å². The molecule has 0 aromatic carbocycles. The molecule has 2 nitrogen and oxygen atoms in total. The van der Waals surface area contributed by atoms with Crippen LogP contribution in [-0.4, -0.2) is 12.6 Å². The molecular formula is C9H13NO. The SMILES string of the molecule is CCC1C=CC2=C(CCO2)N1. The molecule has 0 aromatic rings. The summed E-state index contributed by atoms with van der Waals surface area (Å²) in [6.07, 6.45) is 6.46. The standard InChI is InChI=1S/C9H13NO/c1-2-7-3-4-9-8(10-7)5-6-11-9/h3-4,7,10H,2,5-6H2,1H3. The summed E-state index contributed by atoms with van der Waals surface area (Å²) in [5.74, 6) is 1.05. The topological polar surface area (TPSA) is 21.3 Å². The first-order valence-corrected chi connectivity index (χ1v) is 4.21. The third-order valence-corrected chi connectivity index (χ3v) is 2.19. The minimum Gasteiger partial charge on any atom is -0.491 e. The van der Waals surface area contributed by atoms with Gasteiger partial charge >= 0.3 is 0 Å². The predicted octanol–water partition coefficient (Wildman–Crippen LogP) is 1.56. The average molecular weight is 151 g/mol. The summed E-state index contributed by atoms with van der Waals surface area (Å²) >= 11 is 0. The van der Waals surface area contributed by atoms with Gasteiger partial charge in [0.25, 0.3) is 0 Å². The minimum atomic E-state index is 0.524. The van der Waals surface area contributed by atoms with E-state index in [0.717, 1.165) is 25.2 Å². The van der Waals surface area contributed by atoms with Gasteiger partial charge in [0.15, 0.2) is 0 Å². The fourth-order valence-corrected chi connectivity index (χ4v) is 1.48. The Morgan fingerprint density at radius 3 is 3.45 bits per heavy atom. The lowest BCUT2D eigenvalue weighted by atomic mass is 10.1. The Labute approximate surface area is 66.9 Å². The molecule has 0 aromatic heterocycles. The molecule has 0 amide bonds. The van der Waals surface area contributed by atoms with Gasteiger partial charge in [-0.15, -0.1) is 0 Å². The fourth-order valence-electron chi connectivity index (χ4n) is 1.48. The number of hydrogen-bond donors (Lipinski definition) is 1. The molecule has 0 aliphatic carbocycles. The molecule has 2 heteroatoms. The maximum Gasteiger partial charge on any atom is 0.138 e. The monoisotopic (exact) mass is 151 g/mol. The van der Waals surface area contributed by atoms with E-state index >= 15 is 0 Å². The van der Waals surface area contributed by atoms with E-state index in [0.29, 0.717) is 6.04 Å². The zero-order valence-corrected chi connectivity index (χ0v) is 6.76. The lowest BCUT2D eigenvalue weighted by molar-refractivity contribution is 0.256. The Kier molecular flexibility index (Phi) is 1.60. The molecule has 0 bridgehead atoms. The molecule has 1 atom stereocenters. The molecule has 0 radical (unpaired) electrons. The van der Waals surface area contributed by atoms with Gasteiger partial charge in [0.1, 0.15) is 5.76 Å². The first-order valence-electron chi connectivity index (χ1n) is 4.21. The Balaban J connectivity index is 2.12. The van der Waals surface area contributed by atoms with Gasteiger partial charge in [-0.25, -0.2) is 0 Å². The highest BCUT2D eigenvalue weighted by Gasteiger charge is 2.19. The first-order chi connectivity index (χ1) is 5.40. The van der Waals surface area contributed by atoms with Crippen molar-refractivity contribution in [3.63, 3.8) is 0 Å². The van der Waals surface area contributed by atoms with Crippen LogP contribution >= 0.6 is 0 Å². The lowest BCUT2D eigenvalue weighted by Gasteiger charge is -2.18. The third-order valence-electron chi connectivity index (χ3n) is 2.19. The summed E-state index contributed by atoms with van der Waals surface area (Å²) in [4.78, 5) is 0. The highest BCUT2D eigenvalue weighted by Crippen LogP contribution is 2.22. The largest absolute Gasteiger partial charge is 0.491 e. The van der Waals surface area contributed by atoms with E-state index in [4.69, 9.17) is 4.74 Å². The van der Waals surface area contributed by atoms with Crippen molar-refractivity contribution >= 4 is 0 Å². The van der Waals surface area contributed by atoms with Crippen LogP contribution in [0.3, 0.4) is 0 Å². The molecule has 11 heavy (non-hydrogen) atoms. The van der Waals surface area contributed by atoms with Crippen LogP contribution in [0.1, 0.15) is 19.8 Å². The molecule has 0 spiro atoms. The molecule has 2 rings (SSSR count). The van der Waals surface area contributed by atoms with Crippen LogP contribution in [0.15, 0.2) is 23.6 Å². The van der Waals surface area contributed by atoms with Crippen molar-refractivity contribution < 1.29 is 4.74 Å². The summed E-state index contributed by atoms with van der Waals surface area (Å²) < 4.78 is 5.38. The van der Waals surface area contributed by atoms with E-state index in [9.17, 15) is 0 Å². The van der Waals surface area contributed by atoms with Gasteiger partial charge in [0.05, 0.1) is 12.3 Å². The van der Waals surface area contributed by atoms with Crippen LogP contribution in [0.5, 0.6) is 0 Å². The molecule has 2 aliphatic heterocycles. The molecular weight excluding hydrogens is 138 g/mol. The summed E-state index contributed by atoms with van der Waals surface area (Å²) in [5, 5.41) is 3.43. The van der Waals surface area contributed by atoms with Gasteiger partial charge < -0.3 is 10.1 Å². The lowest BCUT2D eigenvalue weighted by Crippen LogP contribution is -2.27. The van der Waals surface area contributed by atoms with Crippen LogP contribution < -0.4 is 5.32 Å². The molecule has 0 fully saturated rings. The van der Waals surface area contributed by atoms with Gasteiger partial charge in [0, 0.05) is 12.5 Å². The van der Waals surface area contributed by atoms with E-state index in [1.165, 1.54) is 5.70 Å². The smallest absolute Gasteiger partial charge is 0.138 e. The van der Waals surface area contributed by atoms with E-state index in [2.05, 4.69) is 24.4 Å². The van der Waals surface area contributed by atoms with Crippen molar-refractivity contribution in [3.8, 4) is 0 Å². The minimum absolute atomic E-state index is 0.524. The van der Waals surface area contributed by atoms with Gasteiger partial charge in [0.2, 0.25) is 0 Å². The zero-order chi connectivity index (χ0) is 7.68. The first kappa shape index (κ1) is 6.77. The van der Waals surface area contributed by atoms with Gasteiger partial charge in [-0.05, 0) is 12.5 Å². The Hall–Kier alpha value is -0.920. The van der Waals surface area contributed by atoms with Crippen molar-refractivity contribution in [2.45, 2.75) is 25.8 Å². The van der Waals surface area contributed by atoms with Crippen molar-refractivity contribution in [1.82, 2.24) is 5.32 Å². The molecule has 1 unspecified atom stereocenters. The zero-order valence-electron chi connectivity index (χ0n) is 6.76. The summed E-state index contributed by atoms with van der Waals surface area (Å²) in [5.41, 5.74) is 1.29. The number of rotatable bonds is 1. The van der Waals surface area contributed by atoms with Crippen LogP contribution in [-0.2, 0) is 4.74 Å². The van der Waals surface area contributed by atoms with Crippen LogP contribution in [0.25, 0.3) is 0 Å². The second-order valence-corrected chi connectivity index (χ2v) is 2.96. The Bertz CT molecular complexity index is 218. The highest BCUT2D eigenvalue weighted by atomic mass is 16.5. The second-order valence-electron chi connectivity index (χ2n) is 2.96. The molecule has 2 aliphatic rings.